The smallest absolute Gasteiger partial charge is 0.129 e. The molecule has 0 aliphatic heterocycles. The fraction of sp³-hybridized carbons (Fsp3) is 0.353. The highest BCUT2D eigenvalue weighted by Gasteiger charge is 2.13. The molecule has 1 N–H and O–H groups in total. The van der Waals surface area contributed by atoms with Gasteiger partial charge in [0.25, 0.3) is 0 Å². The molecule has 0 saturated carbocycles. The Morgan fingerprint density at radius 3 is 2.67 bits per heavy atom. The third-order valence-corrected chi connectivity index (χ3v) is 3.35. The molecule has 0 radical (unpaired) electrons. The normalized spacial score (nSPS) is 12.3. The van der Waals surface area contributed by atoms with Crippen molar-refractivity contribution in [3.05, 3.63) is 65.5 Å². The van der Waals surface area contributed by atoms with Crippen LogP contribution in [0.4, 0.5) is 8.78 Å². The van der Waals surface area contributed by atoms with Crippen LogP contribution in [0, 0.1) is 11.6 Å². The molecule has 1 aromatic carbocycles. The topological polar surface area (TPSA) is 24.9 Å². The van der Waals surface area contributed by atoms with Crippen LogP contribution in [-0.4, -0.2) is 17.6 Å². The average Bonchev–Trinajstić information content (AvgIpc) is 2.48. The molecule has 4 heteroatoms. The lowest BCUT2D eigenvalue weighted by atomic mass is 10.0. The van der Waals surface area contributed by atoms with Gasteiger partial charge >= 0.3 is 0 Å². The molecule has 1 heterocycles. The molecular formula is C17H20F2N2. The summed E-state index contributed by atoms with van der Waals surface area (Å²) in [6.45, 7) is 2.95. The fourth-order valence-corrected chi connectivity index (χ4v) is 2.29. The molecule has 2 nitrogen and oxygen atoms in total. The third kappa shape index (κ3) is 4.90. The SMILES string of the molecule is CCCNC(Cc1ccccn1)Cc1ccc(F)cc1F. The molecule has 0 amide bonds. The number of nitrogens with one attached hydrogen (secondary N) is 1. The molecule has 0 fully saturated rings. The lowest BCUT2D eigenvalue weighted by Crippen LogP contribution is -2.34. The third-order valence-electron chi connectivity index (χ3n) is 3.35. The van der Waals surface area contributed by atoms with E-state index in [2.05, 4.69) is 17.2 Å². The summed E-state index contributed by atoms with van der Waals surface area (Å²) in [5.41, 5.74) is 1.49. The van der Waals surface area contributed by atoms with Crippen LogP contribution in [0.3, 0.4) is 0 Å². The van der Waals surface area contributed by atoms with E-state index in [-0.39, 0.29) is 6.04 Å². The maximum atomic E-state index is 13.8. The van der Waals surface area contributed by atoms with Gasteiger partial charge in [-0.1, -0.05) is 19.1 Å². The van der Waals surface area contributed by atoms with Gasteiger partial charge in [-0.2, -0.15) is 0 Å². The fourth-order valence-electron chi connectivity index (χ4n) is 2.29. The lowest BCUT2D eigenvalue weighted by Gasteiger charge is -2.18. The molecule has 1 aromatic heterocycles. The van der Waals surface area contributed by atoms with Crippen LogP contribution in [0.2, 0.25) is 0 Å². The van der Waals surface area contributed by atoms with E-state index in [9.17, 15) is 8.78 Å². The van der Waals surface area contributed by atoms with Crippen molar-refractivity contribution in [2.45, 2.75) is 32.2 Å². The van der Waals surface area contributed by atoms with E-state index >= 15 is 0 Å². The highest BCUT2D eigenvalue weighted by Crippen LogP contribution is 2.13. The summed E-state index contributed by atoms with van der Waals surface area (Å²) in [5.74, 6) is -1.03. The van der Waals surface area contributed by atoms with E-state index in [1.807, 2.05) is 18.2 Å². The highest BCUT2D eigenvalue weighted by molar-refractivity contribution is 5.20. The van der Waals surface area contributed by atoms with Crippen molar-refractivity contribution in [3.8, 4) is 0 Å². The number of benzene rings is 1. The number of nitrogens with zero attached hydrogens (tertiary/aromatic N) is 1. The molecule has 0 saturated heterocycles. The monoisotopic (exact) mass is 290 g/mol. The lowest BCUT2D eigenvalue weighted by molar-refractivity contribution is 0.486. The van der Waals surface area contributed by atoms with E-state index in [0.717, 1.165) is 31.1 Å². The summed E-state index contributed by atoms with van der Waals surface area (Å²) in [7, 11) is 0. The van der Waals surface area contributed by atoms with Gasteiger partial charge in [-0.25, -0.2) is 8.78 Å². The van der Waals surface area contributed by atoms with E-state index in [1.54, 1.807) is 6.20 Å². The van der Waals surface area contributed by atoms with Crippen molar-refractivity contribution in [2.75, 3.05) is 6.54 Å². The zero-order chi connectivity index (χ0) is 15.1. The molecular weight excluding hydrogens is 270 g/mol. The molecule has 21 heavy (non-hydrogen) atoms. The summed E-state index contributed by atoms with van der Waals surface area (Å²) < 4.78 is 26.8. The molecule has 0 aliphatic rings. The first-order valence-corrected chi connectivity index (χ1v) is 7.26. The van der Waals surface area contributed by atoms with Crippen LogP contribution in [0.25, 0.3) is 0 Å². The maximum Gasteiger partial charge on any atom is 0.129 e. The Morgan fingerprint density at radius 2 is 2.00 bits per heavy atom. The second-order valence-corrected chi connectivity index (χ2v) is 5.12. The number of rotatable bonds is 7. The van der Waals surface area contributed by atoms with Gasteiger partial charge in [0.15, 0.2) is 0 Å². The summed E-state index contributed by atoms with van der Waals surface area (Å²) in [4.78, 5) is 4.31. The van der Waals surface area contributed by atoms with Gasteiger partial charge < -0.3 is 5.32 Å². The van der Waals surface area contributed by atoms with E-state index in [0.29, 0.717) is 12.0 Å². The number of pyridine rings is 1. The predicted molar refractivity (Wildman–Crippen MR) is 80.1 cm³/mol. The van der Waals surface area contributed by atoms with Crippen molar-refractivity contribution >= 4 is 0 Å². The average molecular weight is 290 g/mol. The minimum Gasteiger partial charge on any atom is -0.313 e. The standard InChI is InChI=1S/C17H20F2N2/c1-2-8-20-16(12-15-5-3-4-9-21-15)10-13-6-7-14(18)11-17(13)19/h3-7,9,11,16,20H,2,8,10,12H2,1H3. The Labute approximate surface area is 124 Å². The Bertz CT molecular complexity index is 558. The van der Waals surface area contributed by atoms with Gasteiger partial charge in [-0.15, -0.1) is 0 Å². The Morgan fingerprint density at radius 1 is 1.14 bits per heavy atom. The van der Waals surface area contributed by atoms with Crippen molar-refractivity contribution in [1.29, 1.82) is 0 Å². The number of halogens is 2. The Hall–Kier alpha value is -1.81. The van der Waals surface area contributed by atoms with Crippen LogP contribution >= 0.6 is 0 Å². The van der Waals surface area contributed by atoms with Crippen LogP contribution in [0.1, 0.15) is 24.6 Å². The highest BCUT2D eigenvalue weighted by atomic mass is 19.1. The number of hydrogen-bond acceptors (Lipinski definition) is 2. The minimum absolute atomic E-state index is 0.0832. The van der Waals surface area contributed by atoms with Gasteiger partial charge in [0, 0.05) is 30.4 Å². The Balaban J connectivity index is 2.08. The zero-order valence-electron chi connectivity index (χ0n) is 12.2. The first kappa shape index (κ1) is 15.6. The Kier molecular flexibility index (Phi) is 5.81. The van der Waals surface area contributed by atoms with Crippen LogP contribution in [0.15, 0.2) is 42.6 Å². The molecule has 1 unspecified atom stereocenters. The quantitative estimate of drug-likeness (QED) is 0.844. The van der Waals surface area contributed by atoms with Crippen molar-refractivity contribution in [2.24, 2.45) is 0 Å². The molecule has 0 aliphatic carbocycles. The predicted octanol–water partition coefficient (Wildman–Crippen LogP) is 3.51. The molecule has 2 rings (SSSR count). The van der Waals surface area contributed by atoms with Crippen LogP contribution in [0.5, 0.6) is 0 Å². The van der Waals surface area contributed by atoms with Gasteiger partial charge in [0.1, 0.15) is 11.6 Å². The van der Waals surface area contributed by atoms with Crippen molar-refractivity contribution < 1.29 is 8.78 Å². The van der Waals surface area contributed by atoms with E-state index < -0.39 is 11.6 Å². The maximum absolute atomic E-state index is 13.8. The minimum atomic E-state index is -0.543. The summed E-state index contributed by atoms with van der Waals surface area (Å²) >= 11 is 0. The molecule has 1 atom stereocenters. The zero-order valence-corrected chi connectivity index (χ0v) is 12.2. The van der Waals surface area contributed by atoms with E-state index in [1.165, 1.54) is 12.1 Å². The van der Waals surface area contributed by atoms with E-state index in [4.69, 9.17) is 0 Å². The van der Waals surface area contributed by atoms with Crippen molar-refractivity contribution in [3.63, 3.8) is 0 Å². The molecule has 0 bridgehead atoms. The van der Waals surface area contributed by atoms with Gasteiger partial charge in [0.05, 0.1) is 0 Å². The van der Waals surface area contributed by atoms with Crippen LogP contribution < -0.4 is 5.32 Å². The first-order valence-electron chi connectivity index (χ1n) is 7.26. The van der Waals surface area contributed by atoms with Gasteiger partial charge in [-0.05, 0) is 43.1 Å². The second kappa shape index (κ2) is 7.84. The molecule has 0 spiro atoms. The number of aromatic nitrogens is 1. The van der Waals surface area contributed by atoms with Gasteiger partial charge in [0.2, 0.25) is 0 Å². The van der Waals surface area contributed by atoms with Gasteiger partial charge in [-0.3, -0.25) is 4.98 Å². The first-order chi connectivity index (χ1) is 10.2. The van der Waals surface area contributed by atoms with Crippen LogP contribution in [-0.2, 0) is 12.8 Å². The van der Waals surface area contributed by atoms with Crippen molar-refractivity contribution in [1.82, 2.24) is 10.3 Å². The molecule has 2 aromatic rings. The molecule has 112 valence electrons. The summed E-state index contributed by atoms with van der Waals surface area (Å²) in [5, 5.41) is 3.41. The second-order valence-electron chi connectivity index (χ2n) is 5.12. The summed E-state index contributed by atoms with van der Waals surface area (Å²) in [6, 6.07) is 9.61. The summed E-state index contributed by atoms with van der Waals surface area (Å²) in [6.07, 6.45) is 4.00. The number of hydrogen-bond donors (Lipinski definition) is 1. The largest absolute Gasteiger partial charge is 0.313 e.